The van der Waals surface area contributed by atoms with Crippen LogP contribution in [0.5, 0.6) is 0 Å². The molecule has 0 unspecified atom stereocenters. The van der Waals surface area contributed by atoms with Gasteiger partial charge in [0.15, 0.2) is 0 Å². The van der Waals surface area contributed by atoms with Crippen LogP contribution in [-0.2, 0) is 0 Å². The molecule has 0 fully saturated rings. The molecule has 0 aliphatic carbocycles. The highest BCUT2D eigenvalue weighted by Gasteiger charge is 2.07. The smallest absolute Gasteiger partial charge is 0.421 e. The lowest BCUT2D eigenvalue weighted by molar-refractivity contribution is 0.162. The summed E-state index contributed by atoms with van der Waals surface area (Å²) in [5.41, 5.74) is 1.79. The van der Waals surface area contributed by atoms with E-state index in [-0.39, 0.29) is 7.69 Å². The van der Waals surface area contributed by atoms with Gasteiger partial charge in [0.25, 0.3) is 0 Å². The van der Waals surface area contributed by atoms with E-state index in [1.165, 1.54) is 9.69 Å². The van der Waals surface area contributed by atoms with Crippen LogP contribution in [0.2, 0.25) is 0 Å². The third-order valence-corrected chi connectivity index (χ3v) is 3.24. The molecule has 2 aromatic carbocycles. The summed E-state index contributed by atoms with van der Waals surface area (Å²) in [6, 6.07) is 15.6. The highest BCUT2D eigenvalue weighted by molar-refractivity contribution is 6.18. The van der Waals surface area contributed by atoms with Crippen molar-refractivity contribution >= 4 is 29.5 Å². The molecule has 21 heavy (non-hydrogen) atoms. The summed E-state index contributed by atoms with van der Waals surface area (Å²) in [6.07, 6.45) is 3.50. The van der Waals surface area contributed by atoms with Crippen molar-refractivity contribution < 1.29 is 9.51 Å². The van der Waals surface area contributed by atoms with Gasteiger partial charge in [0.2, 0.25) is 0 Å². The molecule has 7 heteroatoms. The quantitative estimate of drug-likeness (QED) is 0.526. The van der Waals surface area contributed by atoms with Crippen molar-refractivity contribution in [3.63, 3.8) is 0 Å². The predicted molar refractivity (Wildman–Crippen MR) is 79.8 cm³/mol. The molecule has 4 aromatic rings. The average molecular weight is 278 g/mol. The molecule has 0 aliphatic rings. The van der Waals surface area contributed by atoms with Crippen LogP contribution in [0.15, 0.2) is 60.9 Å². The van der Waals surface area contributed by atoms with Gasteiger partial charge in [0.1, 0.15) is 11.0 Å². The van der Waals surface area contributed by atoms with Gasteiger partial charge >= 0.3 is 7.69 Å². The number of rotatable bonds is 4. The predicted octanol–water partition coefficient (Wildman–Crippen LogP) is 1.21. The van der Waals surface area contributed by atoms with E-state index >= 15 is 0 Å². The molecule has 0 spiro atoms. The Morgan fingerprint density at radius 3 is 1.71 bits per heavy atom. The molecule has 4 rings (SSSR count). The molecule has 2 aromatic heterocycles. The second-order valence-electron chi connectivity index (χ2n) is 4.53. The minimum absolute atomic E-state index is 0.0113. The zero-order valence-corrected chi connectivity index (χ0v) is 11.1. The lowest BCUT2D eigenvalue weighted by Crippen LogP contribution is -2.28. The normalized spacial score (nSPS) is 10.9. The summed E-state index contributed by atoms with van der Waals surface area (Å²) < 4.78 is 11.0. The third-order valence-electron chi connectivity index (χ3n) is 3.24. The van der Waals surface area contributed by atoms with Crippen LogP contribution in [0.3, 0.4) is 0 Å². The zero-order chi connectivity index (χ0) is 14.1. The van der Waals surface area contributed by atoms with Gasteiger partial charge in [0, 0.05) is 10.8 Å². The van der Waals surface area contributed by atoms with Crippen molar-refractivity contribution in [3.8, 4) is 0 Å². The van der Waals surface area contributed by atoms with Crippen LogP contribution in [0.4, 0.5) is 0 Å². The van der Waals surface area contributed by atoms with Gasteiger partial charge in [-0.15, -0.1) is 19.9 Å². The summed E-state index contributed by atoms with van der Waals surface area (Å²) >= 11 is 0. The third kappa shape index (κ3) is 2.08. The molecule has 0 saturated heterocycles. The molecule has 0 amide bonds. The monoisotopic (exact) mass is 278 g/mol. The first-order valence-electron chi connectivity index (χ1n) is 6.54. The number of para-hydroxylation sites is 2. The fourth-order valence-corrected chi connectivity index (χ4v) is 2.22. The van der Waals surface area contributed by atoms with Gasteiger partial charge in [-0.3, -0.25) is 0 Å². The van der Waals surface area contributed by atoms with E-state index in [2.05, 4.69) is 10.2 Å². The molecular weight excluding hydrogens is 267 g/mol. The van der Waals surface area contributed by atoms with Crippen LogP contribution in [0.1, 0.15) is 0 Å². The first-order chi connectivity index (χ1) is 10.4. The zero-order valence-electron chi connectivity index (χ0n) is 11.1. The summed E-state index contributed by atoms with van der Waals surface area (Å²) in [4.78, 5) is 2.89. The molecule has 0 aliphatic heterocycles. The summed E-state index contributed by atoms with van der Waals surface area (Å²) in [6.45, 7) is 0. The van der Waals surface area contributed by atoms with Crippen molar-refractivity contribution in [2.45, 2.75) is 0 Å². The van der Waals surface area contributed by atoms with E-state index in [0.29, 0.717) is 0 Å². The maximum atomic E-state index is 5.50. The van der Waals surface area contributed by atoms with E-state index in [1.807, 2.05) is 48.5 Å². The topological polar surface area (TPSA) is 54.1 Å². The summed E-state index contributed by atoms with van der Waals surface area (Å²) in [7, 11) is 0.0113. The largest absolute Gasteiger partial charge is 0.620 e. The SMILES string of the molecule is B(On1ncc2ccccc21)On1ncc2ccccc21. The number of aromatic nitrogens is 4. The lowest BCUT2D eigenvalue weighted by Gasteiger charge is -2.07. The first kappa shape index (κ1) is 11.8. The van der Waals surface area contributed by atoms with Gasteiger partial charge in [-0.05, 0) is 12.1 Å². The Morgan fingerprint density at radius 2 is 1.19 bits per heavy atom. The first-order valence-corrected chi connectivity index (χ1v) is 6.54. The Labute approximate surface area is 120 Å². The molecule has 102 valence electrons. The Kier molecular flexibility index (Phi) is 2.74. The van der Waals surface area contributed by atoms with Gasteiger partial charge in [-0.25, -0.2) is 0 Å². The average Bonchev–Trinajstić information content (AvgIpc) is 3.13. The number of hydrogen-bond donors (Lipinski definition) is 0. The number of nitrogens with zero attached hydrogens (tertiary/aromatic N) is 4. The maximum absolute atomic E-state index is 5.50. The Morgan fingerprint density at radius 1 is 0.714 bits per heavy atom. The van der Waals surface area contributed by atoms with E-state index in [9.17, 15) is 0 Å². The molecule has 2 heterocycles. The van der Waals surface area contributed by atoms with E-state index < -0.39 is 0 Å². The highest BCUT2D eigenvalue weighted by Crippen LogP contribution is 2.12. The summed E-state index contributed by atoms with van der Waals surface area (Å²) in [5, 5.41) is 10.4. The van der Waals surface area contributed by atoms with Gasteiger partial charge < -0.3 is 9.51 Å². The van der Waals surface area contributed by atoms with Crippen LogP contribution >= 0.6 is 0 Å². The highest BCUT2D eigenvalue weighted by atomic mass is 16.8. The molecule has 0 bridgehead atoms. The molecular formula is C14H11BN4O2. The summed E-state index contributed by atoms with van der Waals surface area (Å²) in [5.74, 6) is 0. The molecule has 0 N–H and O–H groups in total. The second-order valence-corrected chi connectivity index (χ2v) is 4.53. The Hall–Kier alpha value is -2.96. The van der Waals surface area contributed by atoms with Crippen molar-refractivity contribution in [1.29, 1.82) is 0 Å². The van der Waals surface area contributed by atoms with Crippen LogP contribution in [0, 0.1) is 0 Å². The molecule has 0 saturated carbocycles. The Balaban J connectivity index is 1.50. The molecule has 6 nitrogen and oxygen atoms in total. The van der Waals surface area contributed by atoms with Gasteiger partial charge in [-0.1, -0.05) is 36.4 Å². The van der Waals surface area contributed by atoms with Gasteiger partial charge in [0.05, 0.1) is 12.4 Å². The number of hydrogen-bond acceptors (Lipinski definition) is 4. The van der Waals surface area contributed by atoms with Crippen molar-refractivity contribution in [1.82, 2.24) is 19.9 Å². The lowest BCUT2D eigenvalue weighted by atomic mass is 10.3. The minimum atomic E-state index is 0.0113. The standard InChI is InChI=1S/C14H11BN4O2/c1-3-7-13-11(5-1)9-16-18(13)20-15-21-19-14-8-4-2-6-12(14)10-17-19/h1-10,15H. The minimum Gasteiger partial charge on any atom is -0.421 e. The van der Waals surface area contributed by atoms with Gasteiger partial charge in [-0.2, -0.15) is 0 Å². The van der Waals surface area contributed by atoms with E-state index in [1.54, 1.807) is 12.4 Å². The molecule has 0 atom stereocenters. The second kappa shape index (κ2) is 4.86. The van der Waals surface area contributed by atoms with Crippen molar-refractivity contribution in [3.05, 3.63) is 60.9 Å². The van der Waals surface area contributed by atoms with Crippen LogP contribution < -0.4 is 9.51 Å². The molecule has 0 radical (unpaired) electrons. The van der Waals surface area contributed by atoms with Crippen molar-refractivity contribution in [2.24, 2.45) is 0 Å². The maximum Gasteiger partial charge on any atom is 0.620 e. The number of benzene rings is 2. The van der Waals surface area contributed by atoms with E-state index in [4.69, 9.17) is 9.51 Å². The van der Waals surface area contributed by atoms with Crippen molar-refractivity contribution in [2.75, 3.05) is 0 Å². The fraction of sp³-hybridized carbons (Fsp3) is 0. The van der Waals surface area contributed by atoms with Crippen LogP contribution in [0.25, 0.3) is 21.8 Å². The van der Waals surface area contributed by atoms with E-state index in [0.717, 1.165) is 21.8 Å². The number of fused-ring (bicyclic) bond motifs is 2. The Bertz CT molecular complexity index is 828. The fourth-order valence-electron chi connectivity index (χ4n) is 2.22. The van der Waals surface area contributed by atoms with Crippen LogP contribution in [-0.4, -0.2) is 27.6 Å².